The van der Waals surface area contributed by atoms with Crippen molar-refractivity contribution in [1.82, 2.24) is 10.2 Å². The highest BCUT2D eigenvalue weighted by atomic mass is 15.1. The van der Waals surface area contributed by atoms with E-state index in [1.165, 1.54) is 58.2 Å². The third-order valence-electron chi connectivity index (χ3n) is 4.62. The van der Waals surface area contributed by atoms with Gasteiger partial charge in [-0.1, -0.05) is 19.8 Å². The number of hydrogen-bond donors (Lipinski definition) is 1. The van der Waals surface area contributed by atoms with Gasteiger partial charge in [-0.05, 0) is 64.2 Å². The van der Waals surface area contributed by atoms with Gasteiger partial charge in [0.2, 0.25) is 0 Å². The molecule has 1 saturated heterocycles. The summed E-state index contributed by atoms with van der Waals surface area (Å²) in [6.45, 7) is 6.29. The van der Waals surface area contributed by atoms with Gasteiger partial charge in [0.25, 0.3) is 0 Å². The molecule has 2 unspecified atom stereocenters. The van der Waals surface area contributed by atoms with E-state index in [0.29, 0.717) is 0 Å². The number of rotatable bonds is 3. The summed E-state index contributed by atoms with van der Waals surface area (Å²) in [5.74, 6) is 1.84. The van der Waals surface area contributed by atoms with E-state index >= 15 is 0 Å². The van der Waals surface area contributed by atoms with Crippen LogP contribution in [0.3, 0.4) is 0 Å². The Kier molecular flexibility index (Phi) is 4.66. The van der Waals surface area contributed by atoms with Crippen LogP contribution < -0.4 is 5.32 Å². The minimum Gasteiger partial charge on any atom is -0.313 e. The van der Waals surface area contributed by atoms with E-state index in [2.05, 4.69) is 24.2 Å². The minimum absolute atomic E-state index is 0.813. The van der Waals surface area contributed by atoms with Gasteiger partial charge in [0.05, 0.1) is 0 Å². The molecule has 16 heavy (non-hydrogen) atoms. The van der Waals surface area contributed by atoms with Gasteiger partial charge in [-0.15, -0.1) is 0 Å². The third-order valence-corrected chi connectivity index (χ3v) is 4.62. The molecule has 0 aromatic heterocycles. The second kappa shape index (κ2) is 6.02. The van der Waals surface area contributed by atoms with Crippen LogP contribution in [0.25, 0.3) is 0 Å². The Morgan fingerprint density at radius 1 is 1.06 bits per heavy atom. The average Bonchev–Trinajstić information content (AvgIpc) is 2.30. The monoisotopic (exact) mass is 224 g/mol. The number of nitrogens with zero attached hydrogens (tertiary/aromatic N) is 1. The molecule has 1 heterocycles. The van der Waals surface area contributed by atoms with Gasteiger partial charge in [-0.3, -0.25) is 0 Å². The predicted molar refractivity (Wildman–Crippen MR) is 69.6 cm³/mol. The zero-order valence-electron chi connectivity index (χ0n) is 11.0. The molecule has 0 bridgehead atoms. The summed E-state index contributed by atoms with van der Waals surface area (Å²) < 4.78 is 0. The van der Waals surface area contributed by atoms with Gasteiger partial charge in [0.1, 0.15) is 0 Å². The smallest absolute Gasteiger partial charge is 0.00928 e. The van der Waals surface area contributed by atoms with Crippen LogP contribution in [-0.2, 0) is 0 Å². The van der Waals surface area contributed by atoms with Crippen LogP contribution in [0, 0.1) is 11.8 Å². The highest BCUT2D eigenvalue weighted by Crippen LogP contribution is 2.24. The average molecular weight is 224 g/mol. The molecule has 2 heteroatoms. The molecule has 0 aromatic carbocycles. The van der Waals surface area contributed by atoms with Gasteiger partial charge in [-0.25, -0.2) is 0 Å². The summed E-state index contributed by atoms with van der Waals surface area (Å²) >= 11 is 0. The Balaban J connectivity index is 1.66. The van der Waals surface area contributed by atoms with Gasteiger partial charge in [-0.2, -0.15) is 0 Å². The summed E-state index contributed by atoms with van der Waals surface area (Å²) in [6, 6.07) is 0.813. The van der Waals surface area contributed by atoms with E-state index in [-0.39, 0.29) is 0 Å². The van der Waals surface area contributed by atoms with Gasteiger partial charge in [0.15, 0.2) is 0 Å². The van der Waals surface area contributed by atoms with Crippen LogP contribution >= 0.6 is 0 Å². The molecule has 2 rings (SSSR count). The topological polar surface area (TPSA) is 15.3 Å². The van der Waals surface area contributed by atoms with Crippen molar-refractivity contribution >= 4 is 0 Å². The molecule has 0 amide bonds. The van der Waals surface area contributed by atoms with E-state index in [0.717, 1.165) is 17.9 Å². The highest BCUT2D eigenvalue weighted by Gasteiger charge is 2.23. The Bertz CT molecular complexity index is 197. The maximum absolute atomic E-state index is 3.84. The summed E-state index contributed by atoms with van der Waals surface area (Å²) in [5.41, 5.74) is 0. The summed E-state index contributed by atoms with van der Waals surface area (Å²) in [5, 5.41) is 3.84. The first-order chi connectivity index (χ1) is 7.75. The lowest BCUT2D eigenvalue weighted by Crippen LogP contribution is -2.42. The summed E-state index contributed by atoms with van der Waals surface area (Å²) in [4.78, 5) is 2.46. The first kappa shape index (κ1) is 12.4. The van der Waals surface area contributed by atoms with Crippen molar-refractivity contribution in [2.45, 2.75) is 51.5 Å². The normalized spacial score (nSPS) is 34.1. The molecule has 2 atom stereocenters. The standard InChI is InChI=1S/C14H28N2/c1-12-5-3-4-6-14(12)15-11-13-7-9-16(2)10-8-13/h12-15H,3-11H2,1-2H3. The van der Waals surface area contributed by atoms with E-state index in [1.807, 2.05) is 0 Å². The third kappa shape index (κ3) is 3.46. The fourth-order valence-corrected chi connectivity index (χ4v) is 3.20. The number of piperidine rings is 1. The van der Waals surface area contributed by atoms with Crippen LogP contribution in [0.15, 0.2) is 0 Å². The molecule has 0 spiro atoms. The highest BCUT2D eigenvalue weighted by molar-refractivity contribution is 4.80. The van der Waals surface area contributed by atoms with E-state index < -0.39 is 0 Å². The molecule has 1 saturated carbocycles. The second-order valence-corrected chi connectivity index (χ2v) is 6.02. The maximum atomic E-state index is 3.84. The van der Waals surface area contributed by atoms with Crippen LogP contribution in [0.1, 0.15) is 45.4 Å². The molecular weight excluding hydrogens is 196 g/mol. The largest absolute Gasteiger partial charge is 0.313 e. The molecule has 1 aliphatic heterocycles. The Hall–Kier alpha value is -0.0800. The lowest BCUT2D eigenvalue weighted by Gasteiger charge is -2.33. The quantitative estimate of drug-likeness (QED) is 0.792. The van der Waals surface area contributed by atoms with Crippen molar-refractivity contribution in [3.8, 4) is 0 Å². The molecule has 94 valence electrons. The molecule has 0 aromatic rings. The Morgan fingerprint density at radius 2 is 1.75 bits per heavy atom. The maximum Gasteiger partial charge on any atom is 0.00928 e. The molecule has 1 aliphatic carbocycles. The van der Waals surface area contributed by atoms with Crippen molar-refractivity contribution in [3.05, 3.63) is 0 Å². The van der Waals surface area contributed by atoms with Crippen molar-refractivity contribution in [1.29, 1.82) is 0 Å². The summed E-state index contributed by atoms with van der Waals surface area (Å²) in [7, 11) is 2.24. The Morgan fingerprint density at radius 3 is 2.44 bits per heavy atom. The van der Waals surface area contributed by atoms with Crippen LogP contribution in [0.4, 0.5) is 0 Å². The molecular formula is C14H28N2. The van der Waals surface area contributed by atoms with E-state index in [9.17, 15) is 0 Å². The first-order valence-corrected chi connectivity index (χ1v) is 7.17. The Labute approximate surface area is 101 Å². The number of nitrogens with one attached hydrogen (secondary N) is 1. The second-order valence-electron chi connectivity index (χ2n) is 6.02. The van der Waals surface area contributed by atoms with Gasteiger partial charge >= 0.3 is 0 Å². The van der Waals surface area contributed by atoms with Gasteiger partial charge in [0, 0.05) is 6.04 Å². The van der Waals surface area contributed by atoms with Crippen LogP contribution in [0.2, 0.25) is 0 Å². The van der Waals surface area contributed by atoms with Gasteiger partial charge < -0.3 is 10.2 Å². The van der Waals surface area contributed by atoms with Crippen molar-refractivity contribution in [2.75, 3.05) is 26.7 Å². The fraction of sp³-hybridized carbons (Fsp3) is 1.00. The van der Waals surface area contributed by atoms with Crippen LogP contribution in [0.5, 0.6) is 0 Å². The molecule has 1 N–H and O–H groups in total. The number of likely N-dealkylation sites (tertiary alicyclic amines) is 1. The predicted octanol–water partition coefficient (Wildman–Crippen LogP) is 2.50. The first-order valence-electron chi connectivity index (χ1n) is 7.17. The molecule has 0 radical (unpaired) electrons. The lowest BCUT2D eigenvalue weighted by atomic mass is 9.85. The number of hydrogen-bond acceptors (Lipinski definition) is 2. The van der Waals surface area contributed by atoms with Crippen molar-refractivity contribution < 1.29 is 0 Å². The lowest BCUT2D eigenvalue weighted by molar-refractivity contribution is 0.199. The SMILES string of the molecule is CC1CCCCC1NCC1CCN(C)CC1. The van der Waals surface area contributed by atoms with Crippen molar-refractivity contribution in [3.63, 3.8) is 0 Å². The van der Waals surface area contributed by atoms with Crippen LogP contribution in [-0.4, -0.2) is 37.6 Å². The van der Waals surface area contributed by atoms with Crippen molar-refractivity contribution in [2.24, 2.45) is 11.8 Å². The summed E-state index contributed by atoms with van der Waals surface area (Å²) in [6.07, 6.45) is 8.52. The minimum atomic E-state index is 0.813. The van der Waals surface area contributed by atoms with E-state index in [4.69, 9.17) is 0 Å². The molecule has 2 nitrogen and oxygen atoms in total. The molecule has 2 fully saturated rings. The van der Waals surface area contributed by atoms with E-state index in [1.54, 1.807) is 0 Å². The molecule has 2 aliphatic rings. The fourth-order valence-electron chi connectivity index (χ4n) is 3.20. The zero-order valence-corrected chi connectivity index (χ0v) is 11.0. The zero-order chi connectivity index (χ0) is 11.4.